The summed E-state index contributed by atoms with van der Waals surface area (Å²) in [7, 11) is 0. The molecular formula is C23H24ClN7O. The zero-order valence-electron chi connectivity index (χ0n) is 17.7. The molecule has 9 heteroatoms. The lowest BCUT2D eigenvalue weighted by atomic mass is 10.1. The van der Waals surface area contributed by atoms with E-state index in [9.17, 15) is 0 Å². The Balaban J connectivity index is 1.31. The van der Waals surface area contributed by atoms with Gasteiger partial charge in [-0.15, -0.1) is 0 Å². The highest BCUT2D eigenvalue weighted by Crippen LogP contribution is 2.20. The van der Waals surface area contributed by atoms with E-state index < -0.39 is 0 Å². The average Bonchev–Trinajstić information content (AvgIpc) is 3.51. The average molecular weight is 450 g/mol. The summed E-state index contributed by atoms with van der Waals surface area (Å²) in [6, 6.07) is 17.6. The van der Waals surface area contributed by atoms with E-state index in [0.717, 1.165) is 30.8 Å². The lowest BCUT2D eigenvalue weighted by Gasteiger charge is -2.11. The summed E-state index contributed by atoms with van der Waals surface area (Å²) in [5.41, 5.74) is 3.07. The van der Waals surface area contributed by atoms with Crippen LogP contribution >= 0.6 is 11.6 Å². The Bertz CT molecular complexity index is 1150. The van der Waals surface area contributed by atoms with Crippen molar-refractivity contribution in [1.29, 1.82) is 0 Å². The van der Waals surface area contributed by atoms with Crippen molar-refractivity contribution in [3.8, 4) is 17.1 Å². The second-order valence-electron chi connectivity index (χ2n) is 7.01. The van der Waals surface area contributed by atoms with Crippen LogP contribution in [0.25, 0.3) is 17.1 Å². The highest BCUT2D eigenvalue weighted by molar-refractivity contribution is 6.30. The number of aliphatic imine (C=N–C) groups is 1. The third-order valence-electron chi connectivity index (χ3n) is 4.68. The largest absolute Gasteiger partial charge is 0.357 e. The van der Waals surface area contributed by atoms with E-state index in [1.807, 2.05) is 36.0 Å². The molecular weight excluding hydrogens is 426 g/mol. The number of guanidine groups is 1. The first-order chi connectivity index (χ1) is 15.7. The van der Waals surface area contributed by atoms with Crippen molar-refractivity contribution in [3.63, 3.8) is 0 Å². The lowest BCUT2D eigenvalue weighted by Crippen LogP contribution is -2.38. The van der Waals surface area contributed by atoms with E-state index in [1.165, 1.54) is 5.56 Å². The molecule has 2 aromatic heterocycles. The molecule has 0 spiro atoms. The second kappa shape index (κ2) is 10.6. The summed E-state index contributed by atoms with van der Waals surface area (Å²) in [6.45, 7) is 3.79. The molecule has 0 aliphatic heterocycles. The summed E-state index contributed by atoms with van der Waals surface area (Å²) in [4.78, 5) is 8.95. The van der Waals surface area contributed by atoms with E-state index in [1.54, 1.807) is 18.3 Å². The number of nitrogens with one attached hydrogen (secondary N) is 2. The van der Waals surface area contributed by atoms with Gasteiger partial charge in [-0.05, 0) is 49.2 Å². The van der Waals surface area contributed by atoms with Gasteiger partial charge < -0.3 is 15.2 Å². The first-order valence-corrected chi connectivity index (χ1v) is 10.8. The van der Waals surface area contributed by atoms with Crippen molar-refractivity contribution in [3.05, 3.63) is 83.5 Å². The Morgan fingerprint density at radius 1 is 1.12 bits per heavy atom. The van der Waals surface area contributed by atoms with E-state index in [-0.39, 0.29) is 6.54 Å². The molecule has 32 heavy (non-hydrogen) atoms. The monoisotopic (exact) mass is 449 g/mol. The van der Waals surface area contributed by atoms with Gasteiger partial charge >= 0.3 is 0 Å². The third kappa shape index (κ3) is 5.73. The summed E-state index contributed by atoms with van der Waals surface area (Å²) < 4.78 is 7.17. The molecule has 2 heterocycles. The Labute approximate surface area is 191 Å². The van der Waals surface area contributed by atoms with Crippen LogP contribution in [0.1, 0.15) is 18.4 Å². The molecule has 2 N–H and O–H groups in total. The number of nitrogens with zero attached hydrogens (tertiary/aromatic N) is 5. The number of aromatic nitrogens is 4. The first-order valence-electron chi connectivity index (χ1n) is 10.4. The Morgan fingerprint density at radius 2 is 2.00 bits per heavy atom. The molecule has 8 nitrogen and oxygen atoms in total. The minimum atomic E-state index is 0.279. The zero-order chi connectivity index (χ0) is 22.2. The maximum Gasteiger partial charge on any atom is 0.248 e. The van der Waals surface area contributed by atoms with Crippen LogP contribution < -0.4 is 10.6 Å². The minimum Gasteiger partial charge on any atom is -0.357 e. The molecule has 0 aliphatic rings. The Morgan fingerprint density at radius 3 is 2.75 bits per heavy atom. The van der Waals surface area contributed by atoms with Gasteiger partial charge in [0.25, 0.3) is 0 Å². The van der Waals surface area contributed by atoms with Crippen molar-refractivity contribution < 1.29 is 4.52 Å². The van der Waals surface area contributed by atoms with Gasteiger partial charge in [0, 0.05) is 36.1 Å². The number of halogens is 1. The molecule has 4 aromatic rings. The molecule has 0 aliphatic carbocycles. The summed E-state index contributed by atoms with van der Waals surface area (Å²) >= 11 is 6.03. The molecule has 0 radical (unpaired) electrons. The fraction of sp³-hybridized carbons (Fsp3) is 0.217. The van der Waals surface area contributed by atoms with Crippen LogP contribution in [0.15, 0.2) is 76.5 Å². The summed E-state index contributed by atoms with van der Waals surface area (Å²) in [5.74, 6) is 1.63. The van der Waals surface area contributed by atoms with Crippen molar-refractivity contribution >= 4 is 17.6 Å². The highest BCUT2D eigenvalue weighted by atomic mass is 35.5. The topological polar surface area (TPSA) is 93.2 Å². The summed E-state index contributed by atoms with van der Waals surface area (Å²) in [6.07, 6.45) is 4.56. The standard InChI is InChI=1S/C23H24ClN7O/c1-2-25-23(26-13-11-17-7-9-20(10-8-17)31-14-4-12-28-31)27-16-21-29-22(30-32-21)18-5-3-6-19(24)15-18/h3-10,12,14-15H,2,11,13,16H2,1H3,(H2,25,26,27). The van der Waals surface area contributed by atoms with Gasteiger partial charge in [-0.3, -0.25) is 0 Å². The molecule has 164 valence electrons. The van der Waals surface area contributed by atoms with Gasteiger partial charge in [-0.25, -0.2) is 9.67 Å². The van der Waals surface area contributed by atoms with Gasteiger partial charge in [0.15, 0.2) is 5.96 Å². The molecule has 0 unspecified atom stereocenters. The van der Waals surface area contributed by atoms with Crippen molar-refractivity contribution in [2.75, 3.05) is 13.1 Å². The molecule has 0 fully saturated rings. The quantitative estimate of drug-likeness (QED) is 0.313. The molecule has 0 saturated carbocycles. The first kappa shape index (κ1) is 21.6. The van der Waals surface area contributed by atoms with Crippen molar-refractivity contribution in [2.24, 2.45) is 4.99 Å². The highest BCUT2D eigenvalue weighted by Gasteiger charge is 2.09. The van der Waals surface area contributed by atoms with Crippen LogP contribution in [-0.2, 0) is 13.0 Å². The third-order valence-corrected chi connectivity index (χ3v) is 4.91. The minimum absolute atomic E-state index is 0.279. The lowest BCUT2D eigenvalue weighted by molar-refractivity contribution is 0.380. The SMILES string of the molecule is CCNC(=NCc1nc(-c2cccc(Cl)c2)no1)NCCc1ccc(-n2cccn2)cc1. The molecule has 0 bridgehead atoms. The van der Waals surface area contributed by atoms with Crippen LogP contribution in [0, 0.1) is 0 Å². The normalized spacial score (nSPS) is 11.5. The fourth-order valence-corrected chi connectivity index (χ4v) is 3.30. The molecule has 4 rings (SSSR count). The van der Waals surface area contributed by atoms with Crippen LogP contribution in [0.4, 0.5) is 0 Å². The van der Waals surface area contributed by atoms with Gasteiger partial charge in [0.1, 0.15) is 6.54 Å². The number of hydrogen-bond acceptors (Lipinski definition) is 5. The number of hydrogen-bond donors (Lipinski definition) is 2. The Kier molecular flexibility index (Phi) is 7.14. The van der Waals surface area contributed by atoms with Crippen LogP contribution in [0.2, 0.25) is 5.02 Å². The van der Waals surface area contributed by atoms with E-state index in [0.29, 0.717) is 22.7 Å². The fourth-order valence-electron chi connectivity index (χ4n) is 3.11. The Hall–Kier alpha value is -3.65. The molecule has 0 saturated heterocycles. The predicted octanol–water partition coefficient (Wildman–Crippen LogP) is 3.87. The number of rotatable bonds is 8. The van der Waals surface area contributed by atoms with Crippen LogP contribution in [0.3, 0.4) is 0 Å². The van der Waals surface area contributed by atoms with E-state index >= 15 is 0 Å². The van der Waals surface area contributed by atoms with E-state index in [4.69, 9.17) is 16.1 Å². The number of benzene rings is 2. The maximum absolute atomic E-state index is 6.03. The van der Waals surface area contributed by atoms with Gasteiger partial charge in [-0.1, -0.05) is 41.0 Å². The zero-order valence-corrected chi connectivity index (χ0v) is 18.5. The van der Waals surface area contributed by atoms with Crippen LogP contribution in [-0.4, -0.2) is 39.0 Å². The van der Waals surface area contributed by atoms with Gasteiger partial charge in [0.05, 0.1) is 5.69 Å². The van der Waals surface area contributed by atoms with Crippen molar-refractivity contribution in [1.82, 2.24) is 30.6 Å². The second-order valence-corrected chi connectivity index (χ2v) is 7.45. The van der Waals surface area contributed by atoms with Crippen molar-refractivity contribution in [2.45, 2.75) is 19.9 Å². The van der Waals surface area contributed by atoms with Gasteiger partial charge in [0.2, 0.25) is 11.7 Å². The predicted molar refractivity (Wildman–Crippen MR) is 125 cm³/mol. The smallest absolute Gasteiger partial charge is 0.248 e. The summed E-state index contributed by atoms with van der Waals surface area (Å²) in [5, 5.41) is 15.5. The molecule has 0 atom stereocenters. The molecule has 2 aromatic carbocycles. The van der Waals surface area contributed by atoms with Gasteiger partial charge in [-0.2, -0.15) is 10.1 Å². The maximum atomic E-state index is 6.03. The van der Waals surface area contributed by atoms with Crippen LogP contribution in [0.5, 0.6) is 0 Å². The van der Waals surface area contributed by atoms with E-state index in [2.05, 4.69) is 55.1 Å². The molecule has 0 amide bonds.